The van der Waals surface area contributed by atoms with Gasteiger partial charge >= 0.3 is 11.9 Å². The van der Waals surface area contributed by atoms with Crippen molar-refractivity contribution in [3.63, 3.8) is 0 Å². The number of aromatic nitrogens is 1. The first-order chi connectivity index (χ1) is 29.3. The molecule has 3 N–H and O–H groups in total. The fraction of sp³-hybridized carbons (Fsp3) is 0.565. The molecule has 0 unspecified atom stereocenters. The van der Waals surface area contributed by atoms with Gasteiger partial charge in [-0.15, -0.1) is 0 Å². The van der Waals surface area contributed by atoms with E-state index in [0.29, 0.717) is 77.5 Å². The highest BCUT2D eigenvalue weighted by atomic mass is 32.2. The zero-order valence-corrected chi connectivity index (χ0v) is 40.0. The number of anilines is 1. The first-order valence-electron chi connectivity index (χ1n) is 21.6. The third-order valence-electron chi connectivity index (χ3n) is 11.4. The largest absolute Gasteiger partial charge is 0.494 e. The molecule has 1 atom stereocenters. The maximum absolute atomic E-state index is 14.6. The number of benzene rings is 2. The van der Waals surface area contributed by atoms with Crippen LogP contribution in [-0.4, -0.2) is 81.7 Å². The van der Waals surface area contributed by atoms with Gasteiger partial charge in [-0.25, -0.2) is 26.1 Å². The molecule has 1 aromatic heterocycles. The SMILES string of the molecule is Cc1cc(OCCCC(=O)O)cc(C)c1S(=O)(=O)N[C@@H](CNC(=O)CCCCc1ccc2c(n1)N(S(=O)(=O)c1c(C)c(C)c3c(c1C)CCC(C)(C)O3)CCC2)C(=O)OC(C)(C)C. The number of hydrogen-bond donors (Lipinski definition) is 3. The van der Waals surface area contributed by atoms with Crippen molar-refractivity contribution >= 4 is 43.7 Å². The van der Waals surface area contributed by atoms with Gasteiger partial charge in [-0.2, -0.15) is 4.72 Å². The molecule has 15 nitrogen and oxygen atoms in total. The number of aliphatic carboxylic acids is 1. The molecule has 0 fully saturated rings. The number of nitrogens with zero attached hydrogens (tertiary/aromatic N) is 2. The summed E-state index contributed by atoms with van der Waals surface area (Å²) in [7, 11) is -8.29. The number of rotatable bonds is 18. The van der Waals surface area contributed by atoms with E-state index in [2.05, 4.69) is 10.0 Å². The summed E-state index contributed by atoms with van der Waals surface area (Å²) in [6, 6.07) is 5.45. The Hall–Kier alpha value is -4.74. The second-order valence-corrected chi connectivity index (χ2v) is 21.7. The lowest BCUT2D eigenvalue weighted by molar-refractivity contribution is -0.156. The van der Waals surface area contributed by atoms with Crippen LogP contribution in [0.25, 0.3) is 0 Å². The predicted molar refractivity (Wildman–Crippen MR) is 240 cm³/mol. The van der Waals surface area contributed by atoms with Crippen molar-refractivity contribution in [1.82, 2.24) is 15.0 Å². The molecule has 0 saturated heterocycles. The zero-order valence-electron chi connectivity index (χ0n) is 38.3. The van der Waals surface area contributed by atoms with Gasteiger partial charge in [0.2, 0.25) is 15.9 Å². The van der Waals surface area contributed by atoms with Gasteiger partial charge in [0, 0.05) is 31.6 Å². The monoisotopic (exact) mass is 912 g/mol. The number of carbonyl (C=O) groups is 3. The minimum absolute atomic E-state index is 0.0602. The van der Waals surface area contributed by atoms with Crippen molar-refractivity contribution < 1.29 is 50.5 Å². The minimum atomic E-state index is -4.31. The normalized spacial score (nSPS) is 15.4. The lowest BCUT2D eigenvalue weighted by Gasteiger charge is -2.36. The standard InChI is InChI=1S/C46H64N4O11S2/c1-28-25-35(59-24-14-18-39(52)53)26-29(2)41(28)62(55,56)49-37(44(54)61-45(6,7)8)27-47-38(51)17-12-11-16-34-20-19-33-15-13-23-50(43(33)48-34)63(57,58)42-31(4)30(3)40-36(32(42)5)21-22-46(9,10)60-40/h19-20,25-26,37,49H,11-18,21-24,27H2,1-10H3,(H,47,51)(H,52,53)/t37-/m0/s1. The van der Waals surface area contributed by atoms with Crippen LogP contribution in [0.5, 0.6) is 11.5 Å². The number of sulfonamides is 2. The Balaban J connectivity index is 1.22. The molecule has 0 bridgehead atoms. The minimum Gasteiger partial charge on any atom is -0.494 e. The highest BCUT2D eigenvalue weighted by Crippen LogP contribution is 2.44. The second kappa shape index (κ2) is 19.6. The molecule has 5 rings (SSSR count). The number of ether oxygens (including phenoxy) is 3. The maximum atomic E-state index is 14.6. The predicted octanol–water partition coefficient (Wildman–Crippen LogP) is 6.63. The molecule has 346 valence electrons. The third kappa shape index (κ3) is 12.1. The molecular weight excluding hydrogens is 849 g/mol. The van der Waals surface area contributed by atoms with Crippen molar-refractivity contribution in [2.24, 2.45) is 0 Å². The van der Waals surface area contributed by atoms with Crippen molar-refractivity contribution in [2.75, 3.05) is 24.0 Å². The molecule has 0 aliphatic carbocycles. The van der Waals surface area contributed by atoms with Crippen molar-refractivity contribution in [1.29, 1.82) is 0 Å². The number of aryl methyl sites for hydroxylation is 4. The number of pyridine rings is 1. The van der Waals surface area contributed by atoms with Crippen molar-refractivity contribution in [3.8, 4) is 11.5 Å². The summed E-state index contributed by atoms with van der Waals surface area (Å²) in [6.45, 7) is 18.0. The topological polar surface area (TPSA) is 208 Å². The number of nitrogens with one attached hydrogen (secondary N) is 2. The summed E-state index contributed by atoms with van der Waals surface area (Å²) in [5.74, 6) is -0.606. The molecule has 63 heavy (non-hydrogen) atoms. The molecule has 2 aromatic carbocycles. The van der Waals surface area contributed by atoms with E-state index < -0.39 is 49.5 Å². The van der Waals surface area contributed by atoms with Gasteiger partial charge in [-0.3, -0.25) is 14.4 Å². The van der Waals surface area contributed by atoms with Crippen LogP contribution < -0.4 is 23.8 Å². The van der Waals surface area contributed by atoms with Crippen LogP contribution in [0.2, 0.25) is 0 Å². The van der Waals surface area contributed by atoms with Gasteiger partial charge in [-0.1, -0.05) is 6.07 Å². The summed E-state index contributed by atoms with van der Waals surface area (Å²) in [5, 5.41) is 11.6. The molecule has 2 aliphatic rings. The molecule has 0 radical (unpaired) electrons. The molecule has 2 aliphatic heterocycles. The van der Waals surface area contributed by atoms with Gasteiger partial charge < -0.3 is 24.6 Å². The lowest BCUT2D eigenvalue weighted by atomic mass is 9.88. The Morgan fingerprint density at radius 3 is 2.25 bits per heavy atom. The molecule has 17 heteroatoms. The Morgan fingerprint density at radius 1 is 0.921 bits per heavy atom. The first kappa shape index (κ1) is 49.3. The summed E-state index contributed by atoms with van der Waals surface area (Å²) >= 11 is 0. The maximum Gasteiger partial charge on any atom is 0.326 e. The number of carboxylic acids is 1. The molecule has 1 amide bonds. The van der Waals surface area contributed by atoms with Gasteiger partial charge in [0.25, 0.3) is 10.0 Å². The van der Waals surface area contributed by atoms with E-state index in [-0.39, 0.29) is 42.9 Å². The third-order valence-corrected chi connectivity index (χ3v) is 15.2. The first-order valence-corrected chi connectivity index (χ1v) is 24.5. The number of fused-ring (bicyclic) bond motifs is 2. The van der Waals surface area contributed by atoms with Gasteiger partial charge in [0.15, 0.2) is 0 Å². The molecule has 0 spiro atoms. The summed E-state index contributed by atoms with van der Waals surface area (Å²) < 4.78 is 78.1. The number of carbonyl (C=O) groups excluding carboxylic acids is 2. The van der Waals surface area contributed by atoms with Gasteiger partial charge in [0.1, 0.15) is 34.6 Å². The average molecular weight is 913 g/mol. The van der Waals surface area contributed by atoms with Gasteiger partial charge in [-0.05, 0) is 178 Å². The number of hydrogen-bond acceptors (Lipinski definition) is 11. The second-order valence-electron chi connectivity index (χ2n) is 18.3. The van der Waals surface area contributed by atoms with E-state index in [1.165, 1.54) is 16.4 Å². The smallest absolute Gasteiger partial charge is 0.326 e. The Kier molecular flexibility index (Phi) is 15.3. The Labute approximate surface area is 372 Å². The molecular formula is C46H64N4O11S2. The van der Waals surface area contributed by atoms with Crippen LogP contribution in [0.4, 0.5) is 5.82 Å². The van der Waals surface area contributed by atoms with E-state index in [4.69, 9.17) is 24.3 Å². The van der Waals surface area contributed by atoms with Crippen LogP contribution in [0, 0.1) is 34.6 Å². The van der Waals surface area contributed by atoms with Crippen LogP contribution >= 0.6 is 0 Å². The highest BCUT2D eigenvalue weighted by molar-refractivity contribution is 7.93. The van der Waals surface area contributed by atoms with E-state index in [1.807, 2.05) is 46.8 Å². The number of carboxylic acid groups (broad SMARTS) is 1. The van der Waals surface area contributed by atoms with E-state index >= 15 is 0 Å². The van der Waals surface area contributed by atoms with Crippen LogP contribution in [-0.2, 0) is 58.4 Å². The van der Waals surface area contributed by atoms with E-state index in [0.717, 1.165) is 40.8 Å². The van der Waals surface area contributed by atoms with Crippen molar-refractivity contribution in [2.45, 2.75) is 160 Å². The lowest BCUT2D eigenvalue weighted by Crippen LogP contribution is -2.50. The van der Waals surface area contributed by atoms with Gasteiger partial charge in [0.05, 0.1) is 16.4 Å². The van der Waals surface area contributed by atoms with Crippen molar-refractivity contribution in [3.05, 3.63) is 68.9 Å². The summed E-state index contributed by atoms with van der Waals surface area (Å²) in [5.41, 5.74) is 4.15. The molecule has 3 aromatic rings. The van der Waals surface area contributed by atoms with Crippen LogP contribution in [0.15, 0.2) is 34.1 Å². The zero-order chi connectivity index (χ0) is 46.7. The van der Waals surface area contributed by atoms with E-state index in [1.54, 1.807) is 34.6 Å². The van der Waals surface area contributed by atoms with Crippen LogP contribution in [0.1, 0.15) is 124 Å². The number of esters is 1. The van der Waals surface area contributed by atoms with Crippen LogP contribution in [0.3, 0.4) is 0 Å². The fourth-order valence-electron chi connectivity index (χ4n) is 8.18. The Morgan fingerprint density at radius 2 is 1.60 bits per heavy atom. The Bertz CT molecular complexity index is 2440. The fourth-order valence-corrected chi connectivity index (χ4v) is 11.8. The van der Waals surface area contributed by atoms with E-state index in [9.17, 15) is 31.2 Å². The summed E-state index contributed by atoms with van der Waals surface area (Å²) in [6.07, 6.45) is 4.68. The average Bonchev–Trinajstić information content (AvgIpc) is 3.17. The quantitative estimate of drug-likeness (QED) is 0.0908. The highest BCUT2D eigenvalue weighted by Gasteiger charge is 2.38. The summed E-state index contributed by atoms with van der Waals surface area (Å²) in [4.78, 5) is 42.3. The number of amides is 1. The molecule has 3 heterocycles. The molecule has 0 saturated carbocycles. The number of unbranched alkanes of at least 4 members (excludes halogenated alkanes) is 1.